The largest absolute Gasteiger partial charge is 0.394 e. The quantitative estimate of drug-likeness (QED) is 0.396. The summed E-state index contributed by atoms with van der Waals surface area (Å²) in [6.45, 7) is 10.1. The Morgan fingerprint density at radius 1 is 1.06 bits per heavy atom. The van der Waals surface area contributed by atoms with E-state index in [-0.39, 0.29) is 34.6 Å². The lowest BCUT2D eigenvalue weighted by atomic mass is 9.32. The fourth-order valence-electron chi connectivity index (χ4n) is 10.4. The molecular formula is C29H48O5. The van der Waals surface area contributed by atoms with Crippen molar-refractivity contribution in [3.05, 3.63) is 0 Å². The molecule has 4 aliphatic carbocycles. The smallest absolute Gasteiger partial charge is 0.161 e. The van der Waals surface area contributed by atoms with E-state index < -0.39 is 12.4 Å². The minimum Gasteiger partial charge on any atom is -0.394 e. The van der Waals surface area contributed by atoms with Crippen molar-refractivity contribution in [2.24, 2.45) is 33.5 Å². The molecule has 4 saturated carbocycles. The predicted octanol–water partition coefficient (Wildman–Crippen LogP) is 5.40. The molecule has 5 heteroatoms. The van der Waals surface area contributed by atoms with E-state index in [4.69, 9.17) is 9.47 Å². The highest BCUT2D eigenvalue weighted by Crippen LogP contribution is 2.80. The molecule has 5 fully saturated rings. The van der Waals surface area contributed by atoms with Gasteiger partial charge in [0.15, 0.2) is 6.29 Å². The fraction of sp³-hybridized carbons (Fsp3) is 0.966. The highest BCUT2D eigenvalue weighted by Gasteiger charge is 2.74. The summed E-state index contributed by atoms with van der Waals surface area (Å²) >= 11 is 0. The Morgan fingerprint density at radius 2 is 1.85 bits per heavy atom. The standard InChI is InChI=1S/C29H48O5/c1-20-17-28-12-10-25(2)21(8-6-14-30)7-5-9-26(25,3)27(28,4)11-13-29(20,19-28)34-24-16-22(32)15-23(18-31)33-24/h14,20-24,31-32H,5-13,15-19H2,1-4H3/t20-,21+,22-,23-,24-,25+,26+,27?,28+,29-/m0/s1. The van der Waals surface area contributed by atoms with Crippen LogP contribution >= 0.6 is 0 Å². The molecule has 1 spiro atoms. The number of carbonyl (C=O) groups is 1. The second-order valence-corrected chi connectivity index (χ2v) is 13.7. The highest BCUT2D eigenvalue weighted by atomic mass is 16.7. The van der Waals surface area contributed by atoms with Crippen molar-refractivity contribution in [2.75, 3.05) is 6.61 Å². The van der Waals surface area contributed by atoms with Crippen LogP contribution in [-0.4, -0.2) is 47.2 Å². The molecule has 5 rings (SSSR count). The summed E-state index contributed by atoms with van der Waals surface area (Å²) < 4.78 is 12.9. The Labute approximate surface area is 206 Å². The zero-order chi connectivity index (χ0) is 24.4. The zero-order valence-corrected chi connectivity index (χ0v) is 22.0. The summed E-state index contributed by atoms with van der Waals surface area (Å²) in [5, 5.41) is 20.0. The zero-order valence-electron chi connectivity index (χ0n) is 22.0. The predicted molar refractivity (Wildman–Crippen MR) is 131 cm³/mol. The van der Waals surface area contributed by atoms with E-state index >= 15 is 0 Å². The SMILES string of the molecule is C[C@H]1C[C@@]23CC[C@]4(C)[C@@H](CCC=O)CCC[C@@]4(C)C2(C)CC[C@]1(O[C@H]1C[C@@H](O)C[C@@H](CO)O1)C3. The molecule has 1 heterocycles. The van der Waals surface area contributed by atoms with Gasteiger partial charge in [-0.1, -0.05) is 34.1 Å². The topological polar surface area (TPSA) is 76.0 Å². The third-order valence-corrected chi connectivity index (χ3v) is 12.7. The van der Waals surface area contributed by atoms with Gasteiger partial charge < -0.3 is 24.5 Å². The average Bonchev–Trinajstić information content (AvgIpc) is 3.03. The van der Waals surface area contributed by atoms with E-state index in [0.717, 1.165) is 25.5 Å². The lowest BCUT2D eigenvalue weighted by Crippen LogP contribution is -2.66. The molecule has 0 aromatic heterocycles. The molecule has 1 unspecified atom stereocenters. The van der Waals surface area contributed by atoms with E-state index in [2.05, 4.69) is 27.7 Å². The lowest BCUT2D eigenvalue weighted by Gasteiger charge is -2.73. The van der Waals surface area contributed by atoms with Crippen LogP contribution in [0.4, 0.5) is 0 Å². The molecule has 194 valence electrons. The van der Waals surface area contributed by atoms with Crippen LogP contribution in [0.5, 0.6) is 0 Å². The minimum absolute atomic E-state index is 0.0658. The van der Waals surface area contributed by atoms with Crippen molar-refractivity contribution in [3.63, 3.8) is 0 Å². The average molecular weight is 477 g/mol. The minimum atomic E-state index is -0.466. The lowest BCUT2D eigenvalue weighted by molar-refractivity contribution is -0.294. The van der Waals surface area contributed by atoms with Crippen LogP contribution in [0.3, 0.4) is 0 Å². The summed E-state index contributed by atoms with van der Waals surface area (Å²) in [6, 6.07) is 0. The van der Waals surface area contributed by atoms with Crippen molar-refractivity contribution in [3.8, 4) is 0 Å². The summed E-state index contributed by atoms with van der Waals surface area (Å²) in [5.74, 6) is 1.12. The maximum atomic E-state index is 11.2. The number of hydrogen-bond donors (Lipinski definition) is 2. The third kappa shape index (κ3) is 3.35. The summed E-state index contributed by atoms with van der Waals surface area (Å²) in [5.41, 5.74) is 0.947. The van der Waals surface area contributed by atoms with E-state index in [9.17, 15) is 15.0 Å². The molecule has 1 aliphatic heterocycles. The molecule has 2 bridgehead atoms. The number of aliphatic hydroxyl groups excluding tert-OH is 2. The van der Waals surface area contributed by atoms with Gasteiger partial charge in [-0.2, -0.15) is 0 Å². The molecule has 5 aliphatic rings. The van der Waals surface area contributed by atoms with Gasteiger partial charge in [-0.3, -0.25) is 0 Å². The number of fused-ring (bicyclic) bond motifs is 3. The van der Waals surface area contributed by atoms with Gasteiger partial charge in [0.1, 0.15) is 6.29 Å². The van der Waals surface area contributed by atoms with Crippen LogP contribution in [0.2, 0.25) is 0 Å². The first-order valence-electron chi connectivity index (χ1n) is 14.1. The monoisotopic (exact) mass is 476 g/mol. The molecule has 5 nitrogen and oxygen atoms in total. The number of rotatable bonds is 6. The van der Waals surface area contributed by atoms with Gasteiger partial charge in [-0.05, 0) is 91.3 Å². The summed E-state index contributed by atoms with van der Waals surface area (Å²) in [6.07, 6.45) is 13.6. The Morgan fingerprint density at radius 3 is 2.59 bits per heavy atom. The molecule has 1 saturated heterocycles. The molecule has 0 amide bonds. The van der Waals surface area contributed by atoms with Gasteiger partial charge in [-0.15, -0.1) is 0 Å². The van der Waals surface area contributed by atoms with Crippen molar-refractivity contribution >= 4 is 6.29 Å². The third-order valence-electron chi connectivity index (χ3n) is 12.7. The van der Waals surface area contributed by atoms with E-state index in [1.54, 1.807) is 0 Å². The normalized spacial score (nSPS) is 54.8. The number of aliphatic hydroxyl groups is 2. The molecule has 0 aromatic rings. The van der Waals surface area contributed by atoms with Crippen LogP contribution in [0.15, 0.2) is 0 Å². The second-order valence-electron chi connectivity index (χ2n) is 13.7. The maximum absolute atomic E-state index is 11.2. The van der Waals surface area contributed by atoms with Gasteiger partial charge >= 0.3 is 0 Å². The number of hydrogen-bond acceptors (Lipinski definition) is 5. The number of ether oxygens (including phenoxy) is 2. The van der Waals surface area contributed by atoms with Crippen molar-refractivity contribution in [2.45, 2.75) is 135 Å². The van der Waals surface area contributed by atoms with Crippen LogP contribution in [0, 0.1) is 33.5 Å². The van der Waals surface area contributed by atoms with Crippen LogP contribution in [-0.2, 0) is 14.3 Å². The number of aldehydes is 1. The highest BCUT2D eigenvalue weighted by molar-refractivity contribution is 5.49. The van der Waals surface area contributed by atoms with E-state index in [1.165, 1.54) is 44.9 Å². The first-order chi connectivity index (χ1) is 16.1. The van der Waals surface area contributed by atoms with Gasteiger partial charge in [0.05, 0.1) is 24.4 Å². The van der Waals surface area contributed by atoms with Crippen molar-refractivity contribution in [1.82, 2.24) is 0 Å². The van der Waals surface area contributed by atoms with E-state index in [0.29, 0.717) is 36.5 Å². The van der Waals surface area contributed by atoms with E-state index in [1.807, 2.05) is 0 Å². The Balaban J connectivity index is 1.42. The van der Waals surface area contributed by atoms with Gasteiger partial charge in [0, 0.05) is 19.3 Å². The fourth-order valence-corrected chi connectivity index (χ4v) is 10.4. The first-order valence-corrected chi connectivity index (χ1v) is 14.1. The van der Waals surface area contributed by atoms with Crippen LogP contribution in [0.25, 0.3) is 0 Å². The number of carbonyl (C=O) groups excluding carboxylic acids is 1. The van der Waals surface area contributed by atoms with Gasteiger partial charge in [0.25, 0.3) is 0 Å². The van der Waals surface area contributed by atoms with Gasteiger partial charge in [0.2, 0.25) is 0 Å². The first kappa shape index (κ1) is 25.2. The molecular weight excluding hydrogens is 428 g/mol. The molecule has 0 aromatic carbocycles. The Kier molecular flexibility index (Phi) is 6.32. The van der Waals surface area contributed by atoms with Crippen LogP contribution < -0.4 is 0 Å². The summed E-state index contributed by atoms with van der Waals surface area (Å²) in [7, 11) is 0. The summed E-state index contributed by atoms with van der Waals surface area (Å²) in [4.78, 5) is 11.2. The Hall–Kier alpha value is -0.490. The second kappa shape index (κ2) is 8.53. The molecule has 34 heavy (non-hydrogen) atoms. The molecule has 10 atom stereocenters. The van der Waals surface area contributed by atoms with Crippen LogP contribution in [0.1, 0.15) is 111 Å². The Bertz CT molecular complexity index is 786. The molecule has 2 N–H and O–H groups in total. The maximum Gasteiger partial charge on any atom is 0.161 e. The van der Waals surface area contributed by atoms with Crippen molar-refractivity contribution < 1.29 is 24.5 Å². The van der Waals surface area contributed by atoms with Gasteiger partial charge in [-0.25, -0.2) is 0 Å². The van der Waals surface area contributed by atoms with Crippen molar-refractivity contribution in [1.29, 1.82) is 0 Å². The molecule has 0 radical (unpaired) electrons.